The van der Waals surface area contributed by atoms with Crippen molar-refractivity contribution in [3.8, 4) is 0 Å². The lowest BCUT2D eigenvalue weighted by Crippen LogP contribution is -2.25. The molecule has 0 amide bonds. The van der Waals surface area contributed by atoms with Crippen LogP contribution in [-0.2, 0) is 19.6 Å². The van der Waals surface area contributed by atoms with Gasteiger partial charge in [0.2, 0.25) is 0 Å². The molecule has 2 aliphatic rings. The van der Waals surface area contributed by atoms with Crippen molar-refractivity contribution in [3.63, 3.8) is 0 Å². The third-order valence-electron chi connectivity index (χ3n) is 3.46. The summed E-state index contributed by atoms with van der Waals surface area (Å²) in [6.45, 7) is 5.67. The van der Waals surface area contributed by atoms with E-state index in [-0.39, 0.29) is 4.90 Å². The normalized spacial score (nSPS) is 19.5. The molecule has 3 rings (SSSR count). The number of carbonyl (C=O) groups is 1. The molecular weight excluding hydrogens is 290 g/mol. The molecule has 0 saturated carbocycles. The van der Waals surface area contributed by atoms with Gasteiger partial charge in [-0.2, -0.15) is 0 Å². The maximum atomic E-state index is 12.5. The van der Waals surface area contributed by atoms with Gasteiger partial charge < -0.3 is 4.74 Å². The molecule has 2 aliphatic heterocycles. The van der Waals surface area contributed by atoms with Gasteiger partial charge >= 0.3 is 5.97 Å². The molecule has 2 heterocycles. The SMILES string of the molecule is CC(C)(C)OC(=O)C1=C2c3ccccc3S(=O)(=O)N2CC1. The fourth-order valence-electron chi connectivity index (χ4n) is 2.68. The molecule has 1 aromatic rings. The highest BCUT2D eigenvalue weighted by atomic mass is 32.2. The van der Waals surface area contributed by atoms with E-state index < -0.39 is 21.6 Å². The van der Waals surface area contributed by atoms with Crippen LogP contribution in [0.25, 0.3) is 5.70 Å². The van der Waals surface area contributed by atoms with Gasteiger partial charge in [-0.1, -0.05) is 18.2 Å². The summed E-state index contributed by atoms with van der Waals surface area (Å²) in [6.07, 6.45) is 0.387. The number of nitrogens with zero attached hydrogens (tertiary/aromatic N) is 1. The van der Waals surface area contributed by atoms with Crippen molar-refractivity contribution in [3.05, 3.63) is 35.4 Å². The van der Waals surface area contributed by atoms with Crippen LogP contribution in [-0.4, -0.2) is 30.8 Å². The first-order valence-electron chi connectivity index (χ1n) is 6.80. The van der Waals surface area contributed by atoms with E-state index in [1.165, 1.54) is 4.31 Å². The molecule has 112 valence electrons. The monoisotopic (exact) mass is 307 g/mol. The largest absolute Gasteiger partial charge is 0.457 e. The molecule has 0 bridgehead atoms. The Morgan fingerprint density at radius 3 is 2.57 bits per heavy atom. The first-order chi connectivity index (χ1) is 9.72. The summed E-state index contributed by atoms with van der Waals surface area (Å²) in [6, 6.07) is 6.77. The first kappa shape index (κ1) is 14.1. The summed E-state index contributed by atoms with van der Waals surface area (Å²) >= 11 is 0. The number of ether oxygens (including phenoxy) is 1. The number of hydrogen-bond acceptors (Lipinski definition) is 4. The highest BCUT2D eigenvalue weighted by molar-refractivity contribution is 7.90. The zero-order valence-electron chi connectivity index (χ0n) is 12.2. The molecule has 0 fully saturated rings. The molecule has 0 aromatic heterocycles. The fourth-order valence-corrected chi connectivity index (χ4v) is 4.39. The van der Waals surface area contributed by atoms with Crippen LogP contribution < -0.4 is 0 Å². The summed E-state index contributed by atoms with van der Waals surface area (Å²) in [5.41, 5.74) is 0.920. The third-order valence-corrected chi connectivity index (χ3v) is 5.31. The Kier molecular flexibility index (Phi) is 2.92. The summed E-state index contributed by atoms with van der Waals surface area (Å²) in [5, 5.41) is 0. The van der Waals surface area contributed by atoms with Gasteiger partial charge in [-0.05, 0) is 26.8 Å². The number of hydrogen-bond donors (Lipinski definition) is 0. The second-order valence-corrected chi connectivity index (χ2v) is 7.98. The van der Waals surface area contributed by atoms with Crippen LogP contribution >= 0.6 is 0 Å². The smallest absolute Gasteiger partial charge is 0.336 e. The average Bonchev–Trinajstić information content (AvgIpc) is 2.89. The van der Waals surface area contributed by atoms with E-state index in [2.05, 4.69) is 0 Å². The van der Waals surface area contributed by atoms with Crippen LogP contribution in [0.2, 0.25) is 0 Å². The number of esters is 1. The molecule has 1 aromatic carbocycles. The zero-order chi connectivity index (χ0) is 15.4. The Balaban J connectivity index is 2.13. The predicted octanol–water partition coefficient (Wildman–Crippen LogP) is 2.15. The van der Waals surface area contributed by atoms with Crippen molar-refractivity contribution >= 4 is 21.7 Å². The Morgan fingerprint density at radius 1 is 1.24 bits per heavy atom. The molecule has 5 nitrogen and oxygen atoms in total. The molecule has 0 saturated heterocycles. The van der Waals surface area contributed by atoms with Crippen molar-refractivity contribution in [1.29, 1.82) is 0 Å². The van der Waals surface area contributed by atoms with Crippen LogP contribution in [0.5, 0.6) is 0 Å². The van der Waals surface area contributed by atoms with Crippen LogP contribution in [0, 0.1) is 0 Å². The van der Waals surface area contributed by atoms with Crippen molar-refractivity contribution < 1.29 is 17.9 Å². The average molecular weight is 307 g/mol. The van der Waals surface area contributed by atoms with Gasteiger partial charge in [0.1, 0.15) is 5.60 Å². The van der Waals surface area contributed by atoms with Crippen molar-refractivity contribution in [2.75, 3.05) is 6.54 Å². The van der Waals surface area contributed by atoms with Crippen molar-refractivity contribution in [2.24, 2.45) is 0 Å². The molecule has 0 aliphatic carbocycles. The lowest BCUT2D eigenvalue weighted by atomic mass is 10.1. The van der Waals surface area contributed by atoms with Gasteiger partial charge in [-0.25, -0.2) is 13.2 Å². The minimum Gasteiger partial charge on any atom is -0.457 e. The molecule has 0 spiro atoms. The highest BCUT2D eigenvalue weighted by Crippen LogP contribution is 2.45. The quantitative estimate of drug-likeness (QED) is 0.746. The predicted molar refractivity (Wildman–Crippen MR) is 77.7 cm³/mol. The summed E-state index contributed by atoms with van der Waals surface area (Å²) in [5.74, 6) is -0.438. The topological polar surface area (TPSA) is 63.7 Å². The van der Waals surface area contributed by atoms with Crippen LogP contribution in [0.1, 0.15) is 32.8 Å². The lowest BCUT2D eigenvalue weighted by Gasteiger charge is -2.20. The number of fused-ring (bicyclic) bond motifs is 3. The van der Waals surface area contributed by atoms with E-state index in [0.29, 0.717) is 29.8 Å². The third kappa shape index (κ3) is 2.14. The van der Waals surface area contributed by atoms with Crippen LogP contribution in [0.4, 0.5) is 0 Å². The molecule has 21 heavy (non-hydrogen) atoms. The standard InChI is InChI=1S/C15H17NO4S/c1-15(2,3)20-14(17)11-8-9-16-13(11)10-6-4-5-7-12(10)21(16,18)19/h4-7H,8-9H2,1-3H3. The van der Waals surface area contributed by atoms with E-state index in [9.17, 15) is 13.2 Å². The maximum absolute atomic E-state index is 12.5. The number of carbonyl (C=O) groups excluding carboxylic acids is 1. The van der Waals surface area contributed by atoms with E-state index in [1.807, 2.05) is 0 Å². The number of rotatable bonds is 1. The van der Waals surface area contributed by atoms with Crippen molar-refractivity contribution in [2.45, 2.75) is 37.7 Å². The second kappa shape index (κ2) is 4.34. The minimum absolute atomic E-state index is 0.265. The Labute approximate surface area is 124 Å². The molecular formula is C15H17NO4S. The van der Waals surface area contributed by atoms with Gasteiger partial charge in [0.05, 0.1) is 16.2 Å². The summed E-state index contributed by atoms with van der Waals surface area (Å²) in [4.78, 5) is 12.6. The minimum atomic E-state index is -3.53. The number of sulfonamides is 1. The lowest BCUT2D eigenvalue weighted by molar-refractivity contribution is -0.149. The first-order valence-corrected chi connectivity index (χ1v) is 8.24. The summed E-state index contributed by atoms with van der Waals surface area (Å²) in [7, 11) is -3.53. The van der Waals surface area contributed by atoms with Gasteiger partial charge in [-0.15, -0.1) is 0 Å². The van der Waals surface area contributed by atoms with Gasteiger partial charge in [-0.3, -0.25) is 4.31 Å². The van der Waals surface area contributed by atoms with Gasteiger partial charge in [0.15, 0.2) is 0 Å². The fraction of sp³-hybridized carbons (Fsp3) is 0.400. The van der Waals surface area contributed by atoms with E-state index >= 15 is 0 Å². The van der Waals surface area contributed by atoms with Crippen molar-refractivity contribution in [1.82, 2.24) is 4.31 Å². The molecule has 0 unspecified atom stereocenters. The zero-order valence-corrected chi connectivity index (χ0v) is 13.0. The molecule has 0 radical (unpaired) electrons. The van der Waals surface area contributed by atoms with Gasteiger partial charge in [0.25, 0.3) is 10.0 Å². The molecule has 6 heteroatoms. The Morgan fingerprint density at radius 2 is 1.90 bits per heavy atom. The molecule has 0 N–H and O–H groups in total. The maximum Gasteiger partial charge on any atom is 0.336 e. The van der Waals surface area contributed by atoms with E-state index in [1.54, 1.807) is 45.0 Å². The number of benzene rings is 1. The Bertz CT molecular complexity index is 756. The summed E-state index contributed by atoms with van der Waals surface area (Å²) < 4.78 is 31.6. The van der Waals surface area contributed by atoms with Crippen LogP contribution in [0.15, 0.2) is 34.7 Å². The van der Waals surface area contributed by atoms with E-state index in [4.69, 9.17) is 4.74 Å². The van der Waals surface area contributed by atoms with E-state index in [0.717, 1.165) is 0 Å². The van der Waals surface area contributed by atoms with Gasteiger partial charge in [0, 0.05) is 18.5 Å². The molecule has 0 atom stereocenters. The van der Waals surface area contributed by atoms with Crippen LogP contribution in [0.3, 0.4) is 0 Å². The highest BCUT2D eigenvalue weighted by Gasteiger charge is 2.44. The second-order valence-electron chi connectivity index (χ2n) is 6.15. The Hall–Kier alpha value is -1.82.